The number of ketones is 1. The van der Waals surface area contributed by atoms with E-state index in [9.17, 15) is 27.9 Å². The maximum atomic E-state index is 13.4. The Balaban J connectivity index is 1.76. The molecule has 2 unspecified atom stereocenters. The zero-order valence-electron chi connectivity index (χ0n) is 18.2. The molecule has 0 saturated heterocycles. The van der Waals surface area contributed by atoms with Crippen LogP contribution in [0.1, 0.15) is 28.0 Å². The van der Waals surface area contributed by atoms with E-state index in [0.29, 0.717) is 11.3 Å². The summed E-state index contributed by atoms with van der Waals surface area (Å²) >= 11 is 0. The maximum absolute atomic E-state index is 13.4. The summed E-state index contributed by atoms with van der Waals surface area (Å²) in [6, 6.07) is 8.61. The third-order valence-electron chi connectivity index (χ3n) is 5.49. The van der Waals surface area contributed by atoms with Crippen molar-refractivity contribution in [3.05, 3.63) is 88.4 Å². The molecule has 2 heterocycles. The monoisotopic (exact) mass is 471 g/mol. The van der Waals surface area contributed by atoms with E-state index in [0.717, 1.165) is 10.5 Å². The first-order valence-corrected chi connectivity index (χ1v) is 10.4. The van der Waals surface area contributed by atoms with E-state index in [2.05, 4.69) is 14.9 Å². The van der Waals surface area contributed by atoms with Gasteiger partial charge in [0.25, 0.3) is 5.91 Å². The third kappa shape index (κ3) is 4.62. The summed E-state index contributed by atoms with van der Waals surface area (Å²) in [4.78, 5) is 27.6. The van der Waals surface area contributed by atoms with Gasteiger partial charge in [0, 0.05) is 5.56 Å². The molecule has 176 valence electrons. The Morgan fingerprint density at radius 2 is 1.82 bits per heavy atom. The topological polar surface area (TPSA) is 92.6 Å². The average Bonchev–Trinajstić information content (AvgIpc) is 3.04. The normalized spacial score (nSPS) is 20.7. The number of aliphatic hydroxyl groups is 1. The number of ether oxygens (including phenoxy) is 1. The summed E-state index contributed by atoms with van der Waals surface area (Å²) in [5, 5.41) is 18.7. The second kappa shape index (κ2) is 8.86. The molecule has 0 bridgehead atoms. The van der Waals surface area contributed by atoms with Gasteiger partial charge in [0.05, 0.1) is 23.4 Å². The van der Waals surface area contributed by atoms with E-state index in [-0.39, 0.29) is 23.4 Å². The fourth-order valence-corrected chi connectivity index (χ4v) is 3.85. The number of hydrogen-bond donors (Lipinski definition) is 1. The predicted molar refractivity (Wildman–Crippen MR) is 116 cm³/mol. The number of aliphatic hydroxyl groups excluding tert-OH is 1. The molecule has 0 saturated carbocycles. The van der Waals surface area contributed by atoms with Crippen LogP contribution in [0, 0.1) is 13.8 Å². The van der Waals surface area contributed by atoms with Crippen LogP contribution in [0.25, 0.3) is 0 Å². The van der Waals surface area contributed by atoms with Crippen LogP contribution in [0.5, 0.6) is 0 Å². The minimum atomic E-state index is -4.81. The Labute approximate surface area is 192 Å². The van der Waals surface area contributed by atoms with Gasteiger partial charge in [0.2, 0.25) is 0 Å². The van der Waals surface area contributed by atoms with Crippen molar-refractivity contribution in [1.29, 1.82) is 0 Å². The second-order valence-electron chi connectivity index (χ2n) is 7.97. The number of alkyl halides is 3. The van der Waals surface area contributed by atoms with Crippen LogP contribution >= 0.6 is 0 Å². The van der Waals surface area contributed by atoms with Crippen molar-refractivity contribution < 1.29 is 32.6 Å². The number of carbonyl (C=O) groups excluding carboxylic acids is 2. The number of amides is 1. The minimum absolute atomic E-state index is 0.0850. The fraction of sp³-hybridized carbons (Fsp3) is 0.250. The highest BCUT2D eigenvalue weighted by Crippen LogP contribution is 2.37. The quantitative estimate of drug-likeness (QED) is 0.654. The molecular weight excluding hydrogens is 451 g/mol. The molecule has 34 heavy (non-hydrogen) atoms. The number of anilines is 1. The zero-order valence-corrected chi connectivity index (χ0v) is 18.2. The molecule has 2 atom stereocenters. The molecular formula is C24H20F3N3O4. The van der Waals surface area contributed by atoms with Crippen LogP contribution in [0.4, 0.5) is 19.0 Å². The number of Topliss-reactive ketones (excluding diaryl/α,β-unsaturated/α-hetero) is 1. The number of carbonyl (C=O) groups is 2. The summed E-state index contributed by atoms with van der Waals surface area (Å²) in [5.41, 5.74) is 1.91. The summed E-state index contributed by atoms with van der Waals surface area (Å²) < 4.78 is 41.9. The number of aromatic nitrogens is 2. The fourth-order valence-electron chi connectivity index (χ4n) is 3.85. The lowest BCUT2D eigenvalue weighted by atomic mass is 9.89. The summed E-state index contributed by atoms with van der Waals surface area (Å²) in [7, 11) is 0. The van der Waals surface area contributed by atoms with E-state index >= 15 is 0 Å². The van der Waals surface area contributed by atoms with Crippen LogP contribution < -0.4 is 4.90 Å². The highest BCUT2D eigenvalue weighted by Gasteiger charge is 2.46. The standard InChI is InChI=1S/C24H20F3N3O4/c1-13-3-6-16(7-4-13)21(31)19-20(15-8-10-17(11-9-15)34-24(25,26)27)30(23(33)22(19)32)18-12-5-14(2)28-29-18/h3-10,12,17,20,32H,11H2,1-2H3. The Bertz CT molecular complexity index is 1220. The highest BCUT2D eigenvalue weighted by atomic mass is 19.4. The van der Waals surface area contributed by atoms with Crippen molar-refractivity contribution in [2.24, 2.45) is 0 Å². The van der Waals surface area contributed by atoms with E-state index in [1.54, 1.807) is 37.3 Å². The van der Waals surface area contributed by atoms with Gasteiger partial charge in [-0.1, -0.05) is 48.1 Å². The first-order valence-electron chi connectivity index (χ1n) is 10.4. The molecule has 1 aliphatic carbocycles. The number of benzene rings is 1. The van der Waals surface area contributed by atoms with E-state index in [1.807, 2.05) is 6.92 Å². The smallest absolute Gasteiger partial charge is 0.503 e. The van der Waals surface area contributed by atoms with Crippen molar-refractivity contribution in [3.8, 4) is 0 Å². The number of nitrogens with zero attached hydrogens (tertiary/aromatic N) is 3. The zero-order chi connectivity index (χ0) is 24.6. The molecule has 10 heteroatoms. The van der Waals surface area contributed by atoms with E-state index in [4.69, 9.17) is 0 Å². The van der Waals surface area contributed by atoms with Crippen LogP contribution in [-0.4, -0.2) is 45.5 Å². The van der Waals surface area contributed by atoms with Gasteiger partial charge in [-0.15, -0.1) is 18.3 Å². The molecule has 1 aromatic carbocycles. The van der Waals surface area contributed by atoms with Crippen molar-refractivity contribution in [2.75, 3.05) is 4.90 Å². The molecule has 4 rings (SSSR count). The minimum Gasteiger partial charge on any atom is -0.503 e. The van der Waals surface area contributed by atoms with Crippen molar-refractivity contribution in [3.63, 3.8) is 0 Å². The van der Waals surface area contributed by atoms with Gasteiger partial charge in [0.1, 0.15) is 0 Å². The second-order valence-corrected chi connectivity index (χ2v) is 7.97. The number of hydrogen-bond acceptors (Lipinski definition) is 6. The van der Waals surface area contributed by atoms with Gasteiger partial charge in [-0.2, -0.15) is 5.10 Å². The van der Waals surface area contributed by atoms with Crippen LogP contribution in [-0.2, 0) is 9.53 Å². The highest BCUT2D eigenvalue weighted by molar-refractivity contribution is 6.21. The van der Waals surface area contributed by atoms with E-state index < -0.39 is 36.0 Å². The van der Waals surface area contributed by atoms with Crippen molar-refractivity contribution in [2.45, 2.75) is 38.8 Å². The molecule has 1 amide bonds. The SMILES string of the molecule is Cc1ccc(C(=O)C2=C(O)C(=O)N(c3ccc(C)nn3)C2C2=CCC(OC(F)(F)F)C=C2)cc1. The molecule has 1 aromatic heterocycles. The molecule has 0 spiro atoms. The first-order chi connectivity index (χ1) is 16.0. The van der Waals surface area contributed by atoms with Crippen LogP contribution in [0.2, 0.25) is 0 Å². The van der Waals surface area contributed by atoms with Crippen molar-refractivity contribution in [1.82, 2.24) is 10.2 Å². The Kier molecular flexibility index (Phi) is 6.09. The Morgan fingerprint density at radius 3 is 2.38 bits per heavy atom. The molecule has 7 nitrogen and oxygen atoms in total. The third-order valence-corrected chi connectivity index (χ3v) is 5.49. The summed E-state index contributed by atoms with van der Waals surface area (Å²) in [6.07, 6.45) is -2.19. The maximum Gasteiger partial charge on any atom is 0.523 e. The van der Waals surface area contributed by atoms with Crippen LogP contribution in [0.3, 0.4) is 0 Å². The first kappa shape index (κ1) is 23.4. The lowest BCUT2D eigenvalue weighted by Crippen LogP contribution is -2.39. The lowest BCUT2D eigenvalue weighted by Gasteiger charge is -2.28. The molecule has 1 aliphatic heterocycles. The number of halogens is 3. The number of rotatable bonds is 5. The number of aryl methyl sites for hydroxylation is 2. The molecule has 2 aliphatic rings. The predicted octanol–water partition coefficient (Wildman–Crippen LogP) is 4.29. The van der Waals surface area contributed by atoms with Crippen molar-refractivity contribution >= 4 is 17.5 Å². The molecule has 0 radical (unpaired) electrons. The summed E-state index contributed by atoms with van der Waals surface area (Å²) in [5.74, 6) is -2.11. The Morgan fingerprint density at radius 1 is 1.12 bits per heavy atom. The molecule has 2 aromatic rings. The van der Waals surface area contributed by atoms with Gasteiger partial charge >= 0.3 is 6.36 Å². The molecule has 1 N–H and O–H groups in total. The largest absolute Gasteiger partial charge is 0.523 e. The van der Waals surface area contributed by atoms with Gasteiger partial charge in [0.15, 0.2) is 17.4 Å². The van der Waals surface area contributed by atoms with Gasteiger partial charge in [-0.05, 0) is 38.0 Å². The van der Waals surface area contributed by atoms with Gasteiger partial charge in [-0.25, -0.2) is 0 Å². The summed E-state index contributed by atoms with van der Waals surface area (Å²) in [6.45, 7) is 3.55. The van der Waals surface area contributed by atoms with Gasteiger partial charge in [-0.3, -0.25) is 19.2 Å². The lowest BCUT2D eigenvalue weighted by molar-refractivity contribution is -0.336. The van der Waals surface area contributed by atoms with Crippen LogP contribution in [0.15, 0.2) is 71.5 Å². The Hall–Kier alpha value is -3.79. The van der Waals surface area contributed by atoms with E-state index in [1.165, 1.54) is 24.3 Å². The van der Waals surface area contributed by atoms with Gasteiger partial charge < -0.3 is 5.11 Å². The average molecular weight is 471 g/mol. The molecule has 0 fully saturated rings.